The monoisotopic (exact) mass is 453 g/mol. The lowest BCUT2D eigenvalue weighted by Crippen LogP contribution is -2.11. The Labute approximate surface area is 199 Å². The van der Waals surface area contributed by atoms with Gasteiger partial charge in [-0.25, -0.2) is 4.98 Å². The molecule has 5 heteroatoms. The summed E-state index contributed by atoms with van der Waals surface area (Å²) in [5, 5.41) is 0. The summed E-state index contributed by atoms with van der Waals surface area (Å²) in [7, 11) is 0.432. The summed E-state index contributed by atoms with van der Waals surface area (Å²) >= 11 is 0. The number of hydrogen-bond donors (Lipinski definition) is 0. The molecule has 0 N–H and O–H groups in total. The average Bonchev–Trinajstić information content (AvgIpc) is 2.80. The molecule has 0 aliphatic rings. The molecule has 2 aromatic heterocycles. The highest BCUT2D eigenvalue weighted by Gasteiger charge is 2.16. The first-order valence-electron chi connectivity index (χ1n) is 12.7. The summed E-state index contributed by atoms with van der Waals surface area (Å²) < 4.78 is 6.07. The van der Waals surface area contributed by atoms with Gasteiger partial charge in [-0.2, -0.15) is 0 Å². The lowest BCUT2D eigenvalue weighted by atomic mass is 9.82. The number of aromatic nitrogens is 3. The van der Waals surface area contributed by atoms with Gasteiger partial charge in [0.2, 0.25) is 5.88 Å². The van der Waals surface area contributed by atoms with Crippen molar-refractivity contribution in [3.8, 4) is 17.1 Å². The van der Waals surface area contributed by atoms with E-state index < -0.39 is 0 Å². The zero-order chi connectivity index (χ0) is 23.1. The van der Waals surface area contributed by atoms with E-state index in [4.69, 9.17) is 4.43 Å². The van der Waals surface area contributed by atoms with Crippen molar-refractivity contribution in [1.29, 1.82) is 0 Å². The highest BCUT2D eigenvalue weighted by molar-refractivity contribution is 6.28. The second kappa shape index (κ2) is 15.1. The molecule has 0 amide bonds. The lowest BCUT2D eigenvalue weighted by molar-refractivity contribution is 0.288. The standard InChI is InChI=1S/C27H43N3OSi/c1-5-7-9-10-11-15-23-21-30-25(22-29-23)24-16-14-19-28-26(24)31-32-20-13-12-18-27(3,4)17-8-6-2/h14,16,19,21-22H,5-13,15,17-18,20H2,1-4H3. The number of pyridine rings is 1. The van der Waals surface area contributed by atoms with E-state index in [0.29, 0.717) is 21.1 Å². The SMILES string of the molecule is CCCCCCCc1cnc(-c2cccnc2O[Si]CCCCC(C)(C)CCCC)cn1. The second-order valence-corrected chi connectivity index (χ2v) is 10.6. The molecule has 32 heavy (non-hydrogen) atoms. The van der Waals surface area contributed by atoms with Gasteiger partial charge in [-0.15, -0.1) is 0 Å². The minimum absolute atomic E-state index is 0.432. The molecule has 0 saturated carbocycles. The third-order valence-electron chi connectivity index (χ3n) is 6.05. The molecule has 2 aromatic rings. The predicted molar refractivity (Wildman–Crippen MR) is 136 cm³/mol. The summed E-state index contributed by atoms with van der Waals surface area (Å²) in [4.78, 5) is 13.8. The summed E-state index contributed by atoms with van der Waals surface area (Å²) in [6.45, 7) is 9.33. The fraction of sp³-hybridized carbons (Fsp3) is 0.667. The number of unbranched alkanes of at least 4 members (excludes halogenated alkanes) is 6. The Bertz CT molecular complexity index is 749. The summed E-state index contributed by atoms with van der Waals surface area (Å²) in [6, 6.07) is 5.05. The van der Waals surface area contributed by atoms with Crippen LogP contribution in [0.2, 0.25) is 6.04 Å². The molecule has 0 saturated heterocycles. The van der Waals surface area contributed by atoms with Crippen LogP contribution >= 0.6 is 0 Å². The van der Waals surface area contributed by atoms with Crippen LogP contribution in [0.4, 0.5) is 0 Å². The van der Waals surface area contributed by atoms with Crippen molar-refractivity contribution in [2.75, 3.05) is 0 Å². The molecule has 0 aliphatic heterocycles. The van der Waals surface area contributed by atoms with Gasteiger partial charge in [0, 0.05) is 12.4 Å². The Balaban J connectivity index is 1.77. The van der Waals surface area contributed by atoms with Crippen molar-refractivity contribution in [3.05, 3.63) is 36.4 Å². The molecular formula is C27H43N3OSi. The number of hydrogen-bond acceptors (Lipinski definition) is 4. The number of aryl methyl sites for hydroxylation is 1. The van der Waals surface area contributed by atoms with Gasteiger partial charge in [0.15, 0.2) is 0 Å². The molecule has 2 radical (unpaired) electrons. The molecule has 0 bridgehead atoms. The van der Waals surface area contributed by atoms with E-state index in [0.717, 1.165) is 29.4 Å². The maximum atomic E-state index is 6.07. The van der Waals surface area contributed by atoms with Gasteiger partial charge >= 0.3 is 9.76 Å². The Kier molecular flexibility index (Phi) is 12.5. The van der Waals surface area contributed by atoms with Gasteiger partial charge in [0.25, 0.3) is 0 Å². The van der Waals surface area contributed by atoms with Gasteiger partial charge in [0.1, 0.15) is 0 Å². The van der Waals surface area contributed by atoms with Gasteiger partial charge in [-0.3, -0.25) is 9.97 Å². The first-order valence-corrected chi connectivity index (χ1v) is 13.8. The molecule has 0 spiro atoms. The van der Waals surface area contributed by atoms with Crippen LogP contribution < -0.4 is 4.43 Å². The topological polar surface area (TPSA) is 47.9 Å². The molecule has 0 aromatic carbocycles. The Hall–Kier alpha value is -1.75. The minimum atomic E-state index is 0.432. The van der Waals surface area contributed by atoms with Crippen LogP contribution in [0.1, 0.15) is 104 Å². The van der Waals surface area contributed by atoms with E-state index in [2.05, 4.69) is 42.6 Å². The molecular weight excluding hydrogens is 410 g/mol. The van der Waals surface area contributed by atoms with Gasteiger partial charge < -0.3 is 4.43 Å². The zero-order valence-electron chi connectivity index (χ0n) is 20.8. The van der Waals surface area contributed by atoms with Crippen LogP contribution in [0, 0.1) is 5.41 Å². The van der Waals surface area contributed by atoms with Gasteiger partial charge in [-0.05, 0) is 49.3 Å². The van der Waals surface area contributed by atoms with Crippen molar-refractivity contribution in [2.24, 2.45) is 5.41 Å². The number of rotatable bonds is 17. The zero-order valence-corrected chi connectivity index (χ0v) is 21.8. The Morgan fingerprint density at radius 3 is 2.38 bits per heavy atom. The Morgan fingerprint density at radius 1 is 0.844 bits per heavy atom. The summed E-state index contributed by atoms with van der Waals surface area (Å²) in [5.41, 5.74) is 3.31. The van der Waals surface area contributed by atoms with Crippen molar-refractivity contribution in [3.63, 3.8) is 0 Å². The van der Waals surface area contributed by atoms with Crippen LogP contribution in [0.3, 0.4) is 0 Å². The first-order chi connectivity index (χ1) is 15.6. The molecule has 0 atom stereocenters. The van der Waals surface area contributed by atoms with E-state index in [-0.39, 0.29) is 0 Å². The lowest BCUT2D eigenvalue weighted by Gasteiger charge is -2.24. The molecule has 176 valence electrons. The van der Waals surface area contributed by atoms with Crippen molar-refractivity contribution in [2.45, 2.75) is 111 Å². The highest BCUT2D eigenvalue weighted by Crippen LogP contribution is 2.30. The van der Waals surface area contributed by atoms with Crippen molar-refractivity contribution in [1.82, 2.24) is 15.0 Å². The van der Waals surface area contributed by atoms with Gasteiger partial charge in [-0.1, -0.05) is 79.1 Å². The highest BCUT2D eigenvalue weighted by atomic mass is 28.2. The van der Waals surface area contributed by atoms with E-state index in [1.54, 1.807) is 6.20 Å². The third kappa shape index (κ3) is 10.2. The van der Waals surface area contributed by atoms with Crippen LogP contribution in [0.15, 0.2) is 30.7 Å². The maximum Gasteiger partial charge on any atom is 0.312 e. The average molecular weight is 454 g/mol. The third-order valence-corrected chi connectivity index (χ3v) is 6.94. The summed E-state index contributed by atoms with van der Waals surface area (Å²) in [6.07, 6.45) is 20.7. The van der Waals surface area contributed by atoms with Crippen molar-refractivity contribution < 1.29 is 4.43 Å². The van der Waals surface area contributed by atoms with Gasteiger partial charge in [0.05, 0.1) is 23.1 Å². The van der Waals surface area contributed by atoms with Crippen molar-refractivity contribution >= 4 is 9.76 Å². The van der Waals surface area contributed by atoms with Crippen LogP contribution in [0.25, 0.3) is 11.3 Å². The van der Waals surface area contributed by atoms with Crippen LogP contribution in [-0.2, 0) is 6.42 Å². The van der Waals surface area contributed by atoms with E-state index in [1.807, 2.05) is 24.5 Å². The summed E-state index contributed by atoms with van der Waals surface area (Å²) in [5.74, 6) is 0.677. The number of nitrogens with zero attached hydrogens (tertiary/aromatic N) is 3. The predicted octanol–water partition coefficient (Wildman–Crippen LogP) is 7.85. The van der Waals surface area contributed by atoms with Crippen LogP contribution in [0.5, 0.6) is 5.88 Å². The van der Waals surface area contributed by atoms with E-state index in [9.17, 15) is 0 Å². The van der Waals surface area contributed by atoms with Crippen LogP contribution in [-0.4, -0.2) is 24.7 Å². The fourth-order valence-electron chi connectivity index (χ4n) is 3.90. The normalized spacial score (nSPS) is 11.6. The fourth-order valence-corrected chi connectivity index (χ4v) is 4.70. The quantitative estimate of drug-likeness (QED) is 0.181. The molecule has 2 rings (SSSR count). The molecule has 4 nitrogen and oxygen atoms in total. The Morgan fingerprint density at radius 2 is 1.62 bits per heavy atom. The second-order valence-electron chi connectivity index (χ2n) is 9.63. The maximum absolute atomic E-state index is 6.07. The first kappa shape index (κ1) is 26.5. The van der Waals surface area contributed by atoms with E-state index >= 15 is 0 Å². The van der Waals surface area contributed by atoms with E-state index in [1.165, 1.54) is 70.6 Å². The molecule has 0 unspecified atom stereocenters. The molecule has 0 aliphatic carbocycles. The smallest absolute Gasteiger partial charge is 0.312 e. The largest absolute Gasteiger partial charge is 0.528 e. The molecule has 2 heterocycles. The minimum Gasteiger partial charge on any atom is -0.528 e. The molecule has 0 fully saturated rings.